The highest BCUT2D eigenvalue weighted by Gasteiger charge is 2.06. The van der Waals surface area contributed by atoms with Gasteiger partial charge >= 0.3 is 0 Å². The van der Waals surface area contributed by atoms with Gasteiger partial charge in [-0.1, -0.05) is 13.0 Å². The lowest BCUT2D eigenvalue weighted by Crippen LogP contribution is -1.93. The van der Waals surface area contributed by atoms with E-state index in [1.165, 1.54) is 0 Å². The first-order valence-corrected chi connectivity index (χ1v) is 3.83. The van der Waals surface area contributed by atoms with E-state index in [0.29, 0.717) is 0 Å². The molecule has 0 aromatic heterocycles. The molecule has 1 aromatic carbocycles. The van der Waals surface area contributed by atoms with Gasteiger partial charge in [-0.25, -0.2) is 0 Å². The molecule has 1 aromatic rings. The van der Waals surface area contributed by atoms with E-state index in [9.17, 15) is 0 Å². The fourth-order valence-corrected chi connectivity index (χ4v) is 1.16. The minimum atomic E-state index is 0.844. The molecule has 0 fully saturated rings. The third kappa shape index (κ3) is 1.52. The molecule has 0 aliphatic rings. The quantitative estimate of drug-likeness (QED) is 0.684. The first-order chi connectivity index (χ1) is 5.83. The molecule has 0 spiro atoms. The number of rotatable bonds is 3. The summed E-state index contributed by atoms with van der Waals surface area (Å²) >= 11 is 0. The van der Waals surface area contributed by atoms with Crippen LogP contribution in [-0.4, -0.2) is 14.2 Å². The summed E-state index contributed by atoms with van der Waals surface area (Å²) in [5.74, 6) is 1.69. The molecule has 0 saturated carbocycles. The fourth-order valence-electron chi connectivity index (χ4n) is 1.16. The molecule has 1 rings (SSSR count). The summed E-state index contributed by atoms with van der Waals surface area (Å²) in [6.07, 6.45) is 1.97. The second kappa shape index (κ2) is 4.00. The van der Waals surface area contributed by atoms with Crippen molar-refractivity contribution in [3.63, 3.8) is 0 Å². The predicted octanol–water partition coefficient (Wildman–Crippen LogP) is 2.28. The maximum Gasteiger partial charge on any atom is 0.126 e. The first-order valence-electron chi connectivity index (χ1n) is 3.83. The van der Waals surface area contributed by atoms with Crippen molar-refractivity contribution in [2.45, 2.75) is 6.92 Å². The molecule has 0 heterocycles. The van der Waals surface area contributed by atoms with Gasteiger partial charge in [-0.05, 0) is 18.6 Å². The van der Waals surface area contributed by atoms with Crippen LogP contribution in [0, 0.1) is 6.42 Å². The van der Waals surface area contributed by atoms with E-state index in [1.54, 1.807) is 14.2 Å². The maximum atomic E-state index is 5.17. The van der Waals surface area contributed by atoms with Crippen LogP contribution in [0.25, 0.3) is 0 Å². The molecular formula is C10H13O2. The molecule has 1 radical (unpaired) electrons. The van der Waals surface area contributed by atoms with E-state index in [1.807, 2.05) is 31.5 Å². The summed E-state index contributed by atoms with van der Waals surface area (Å²) in [6, 6.07) is 5.74. The molecule has 0 N–H and O–H groups in total. The Morgan fingerprint density at radius 1 is 1.08 bits per heavy atom. The SMILES string of the molecule is C[CH]c1c(OC)cccc1OC. The number of hydrogen-bond donors (Lipinski definition) is 0. The Bertz CT molecular complexity index is 234. The van der Waals surface area contributed by atoms with Crippen molar-refractivity contribution in [3.8, 4) is 11.5 Å². The highest BCUT2D eigenvalue weighted by atomic mass is 16.5. The Morgan fingerprint density at radius 2 is 1.58 bits per heavy atom. The Hall–Kier alpha value is -1.18. The molecule has 0 saturated heterocycles. The van der Waals surface area contributed by atoms with Crippen LogP contribution in [-0.2, 0) is 0 Å². The van der Waals surface area contributed by atoms with Crippen LogP contribution in [0.1, 0.15) is 12.5 Å². The van der Waals surface area contributed by atoms with Crippen molar-refractivity contribution >= 4 is 0 Å². The lowest BCUT2D eigenvalue weighted by molar-refractivity contribution is 0.390. The summed E-state index contributed by atoms with van der Waals surface area (Å²) in [6.45, 7) is 1.96. The van der Waals surface area contributed by atoms with Crippen LogP contribution >= 0.6 is 0 Å². The lowest BCUT2D eigenvalue weighted by Gasteiger charge is -2.10. The minimum absolute atomic E-state index is 0.844. The predicted molar refractivity (Wildman–Crippen MR) is 48.6 cm³/mol. The van der Waals surface area contributed by atoms with Crippen LogP contribution < -0.4 is 9.47 Å². The van der Waals surface area contributed by atoms with E-state index in [2.05, 4.69) is 0 Å². The van der Waals surface area contributed by atoms with Crippen LogP contribution in [0.2, 0.25) is 0 Å². The topological polar surface area (TPSA) is 18.5 Å². The second-order valence-electron chi connectivity index (χ2n) is 2.36. The van der Waals surface area contributed by atoms with Crippen LogP contribution in [0.4, 0.5) is 0 Å². The van der Waals surface area contributed by atoms with Gasteiger partial charge in [0.15, 0.2) is 0 Å². The van der Waals surface area contributed by atoms with E-state index in [4.69, 9.17) is 9.47 Å². The largest absolute Gasteiger partial charge is 0.496 e. The third-order valence-corrected chi connectivity index (χ3v) is 1.75. The molecule has 12 heavy (non-hydrogen) atoms. The Kier molecular flexibility index (Phi) is 2.97. The average molecular weight is 165 g/mol. The number of benzene rings is 1. The molecule has 2 heteroatoms. The Morgan fingerprint density at radius 3 is 1.92 bits per heavy atom. The number of methoxy groups -OCH3 is 2. The summed E-state index contributed by atoms with van der Waals surface area (Å²) in [4.78, 5) is 0. The summed E-state index contributed by atoms with van der Waals surface area (Å²) in [5.41, 5.74) is 1.00. The van der Waals surface area contributed by atoms with Crippen molar-refractivity contribution in [1.29, 1.82) is 0 Å². The molecule has 65 valence electrons. The molecule has 0 aliphatic heterocycles. The molecule has 0 bridgehead atoms. The molecular weight excluding hydrogens is 152 g/mol. The standard InChI is InChI=1S/C10H13O2/c1-4-8-9(11-2)6-5-7-10(8)12-3/h4-7H,1-3H3. The normalized spacial score (nSPS) is 9.58. The average Bonchev–Trinajstić information content (AvgIpc) is 2.16. The molecule has 2 nitrogen and oxygen atoms in total. The molecule has 0 aliphatic carbocycles. The van der Waals surface area contributed by atoms with Gasteiger partial charge in [-0.15, -0.1) is 0 Å². The number of hydrogen-bond acceptors (Lipinski definition) is 2. The zero-order valence-corrected chi connectivity index (χ0v) is 7.63. The van der Waals surface area contributed by atoms with Gasteiger partial charge in [-0.2, -0.15) is 0 Å². The summed E-state index contributed by atoms with van der Waals surface area (Å²) in [5, 5.41) is 0. The highest BCUT2D eigenvalue weighted by Crippen LogP contribution is 2.28. The molecule has 0 amide bonds. The number of ether oxygens (including phenoxy) is 2. The van der Waals surface area contributed by atoms with Gasteiger partial charge in [-0.3, -0.25) is 0 Å². The van der Waals surface area contributed by atoms with Gasteiger partial charge in [0, 0.05) is 5.56 Å². The van der Waals surface area contributed by atoms with Crippen molar-refractivity contribution in [1.82, 2.24) is 0 Å². The van der Waals surface area contributed by atoms with Crippen LogP contribution in [0.5, 0.6) is 11.5 Å². The second-order valence-corrected chi connectivity index (χ2v) is 2.36. The fraction of sp³-hybridized carbons (Fsp3) is 0.300. The monoisotopic (exact) mass is 165 g/mol. The van der Waals surface area contributed by atoms with Crippen LogP contribution in [0.15, 0.2) is 18.2 Å². The van der Waals surface area contributed by atoms with Gasteiger partial charge in [0.1, 0.15) is 11.5 Å². The molecule has 0 atom stereocenters. The first kappa shape index (κ1) is 8.91. The van der Waals surface area contributed by atoms with Gasteiger partial charge in [0.05, 0.1) is 14.2 Å². The Labute approximate surface area is 73.1 Å². The smallest absolute Gasteiger partial charge is 0.126 e. The zero-order valence-electron chi connectivity index (χ0n) is 7.63. The third-order valence-electron chi connectivity index (χ3n) is 1.75. The van der Waals surface area contributed by atoms with Gasteiger partial charge in [0.25, 0.3) is 0 Å². The Balaban J connectivity index is 3.13. The van der Waals surface area contributed by atoms with E-state index >= 15 is 0 Å². The van der Waals surface area contributed by atoms with Crippen molar-refractivity contribution < 1.29 is 9.47 Å². The van der Waals surface area contributed by atoms with Gasteiger partial charge in [0.2, 0.25) is 0 Å². The minimum Gasteiger partial charge on any atom is -0.496 e. The summed E-state index contributed by atoms with van der Waals surface area (Å²) in [7, 11) is 3.31. The molecule has 0 unspecified atom stereocenters. The van der Waals surface area contributed by atoms with Crippen molar-refractivity contribution in [2.75, 3.05) is 14.2 Å². The zero-order chi connectivity index (χ0) is 8.97. The lowest BCUT2D eigenvalue weighted by atomic mass is 10.1. The maximum absolute atomic E-state index is 5.17. The van der Waals surface area contributed by atoms with Crippen molar-refractivity contribution in [3.05, 3.63) is 30.2 Å². The summed E-state index contributed by atoms with van der Waals surface area (Å²) < 4.78 is 10.3. The van der Waals surface area contributed by atoms with E-state index in [0.717, 1.165) is 17.1 Å². The van der Waals surface area contributed by atoms with Gasteiger partial charge < -0.3 is 9.47 Å². The van der Waals surface area contributed by atoms with Crippen molar-refractivity contribution in [2.24, 2.45) is 0 Å². The van der Waals surface area contributed by atoms with E-state index < -0.39 is 0 Å². The highest BCUT2D eigenvalue weighted by molar-refractivity contribution is 5.48. The van der Waals surface area contributed by atoms with Crippen LogP contribution in [0.3, 0.4) is 0 Å². The van der Waals surface area contributed by atoms with E-state index in [-0.39, 0.29) is 0 Å².